The minimum absolute atomic E-state index is 0. The van der Waals surface area contributed by atoms with Gasteiger partial charge in [0.2, 0.25) is 0 Å². The first-order valence-electron chi connectivity index (χ1n) is 7.09. The molecule has 0 aromatic heterocycles. The Balaban J connectivity index is 0. The van der Waals surface area contributed by atoms with Crippen molar-refractivity contribution in [2.24, 2.45) is 4.99 Å². The molecule has 0 aliphatic rings. The van der Waals surface area contributed by atoms with E-state index in [1.165, 1.54) is 0 Å². The Bertz CT molecular complexity index is 360. The molecule has 0 heterocycles. The van der Waals surface area contributed by atoms with Crippen LogP contribution in [-0.4, -0.2) is 56.2 Å². The molecule has 0 aliphatic heterocycles. The van der Waals surface area contributed by atoms with Gasteiger partial charge in [-0.15, -0.1) is 0 Å². The molecule has 0 aromatic rings. The third-order valence-corrected chi connectivity index (χ3v) is 2.32. The summed E-state index contributed by atoms with van der Waals surface area (Å²) in [6, 6.07) is 0. The Morgan fingerprint density at radius 1 is 1.14 bits per heavy atom. The SMILES string of the molecule is CC/C=C/NCCNCCNCCN=C([O-])/C=C/C(=O)O.[K+]. The smallest absolute Gasteiger partial charge is 0.859 e. The second kappa shape index (κ2) is 18.8. The zero-order valence-electron chi connectivity index (χ0n) is 13.5. The van der Waals surface area contributed by atoms with E-state index in [1.807, 2.05) is 6.20 Å². The quantitative estimate of drug-likeness (QED) is 0.0900. The van der Waals surface area contributed by atoms with E-state index in [0.29, 0.717) is 13.1 Å². The molecule has 0 saturated carbocycles. The van der Waals surface area contributed by atoms with Crippen LogP contribution in [0.15, 0.2) is 29.4 Å². The zero-order chi connectivity index (χ0) is 15.8. The number of carboxylic acids is 1. The Morgan fingerprint density at radius 3 is 2.41 bits per heavy atom. The number of nitrogens with zero attached hydrogens (tertiary/aromatic N) is 1. The zero-order valence-corrected chi connectivity index (χ0v) is 16.6. The molecule has 0 unspecified atom stereocenters. The van der Waals surface area contributed by atoms with Crippen LogP contribution in [-0.2, 0) is 4.79 Å². The van der Waals surface area contributed by atoms with Crippen molar-refractivity contribution >= 4 is 11.9 Å². The van der Waals surface area contributed by atoms with Gasteiger partial charge in [-0.25, -0.2) is 4.79 Å². The number of allylic oxidation sites excluding steroid dienone is 1. The van der Waals surface area contributed by atoms with Gasteiger partial charge in [0.25, 0.3) is 0 Å². The van der Waals surface area contributed by atoms with Gasteiger partial charge in [-0.05, 0) is 24.6 Å². The van der Waals surface area contributed by atoms with E-state index in [-0.39, 0.29) is 51.4 Å². The van der Waals surface area contributed by atoms with Crippen LogP contribution in [0, 0.1) is 0 Å². The average Bonchev–Trinajstić information content (AvgIpc) is 2.46. The Hall–Kier alpha value is -0.224. The Morgan fingerprint density at radius 2 is 1.77 bits per heavy atom. The fourth-order valence-corrected chi connectivity index (χ4v) is 1.31. The summed E-state index contributed by atoms with van der Waals surface area (Å²) in [5.74, 6) is -1.68. The molecular weight excluding hydrogens is 311 g/mol. The van der Waals surface area contributed by atoms with Crippen molar-refractivity contribution < 1.29 is 66.4 Å². The van der Waals surface area contributed by atoms with E-state index in [4.69, 9.17) is 5.11 Å². The summed E-state index contributed by atoms with van der Waals surface area (Å²) in [6.07, 6.45) is 6.79. The van der Waals surface area contributed by atoms with Crippen molar-refractivity contribution in [3.05, 3.63) is 24.4 Å². The Labute approximate surface area is 174 Å². The van der Waals surface area contributed by atoms with Crippen molar-refractivity contribution in [3.8, 4) is 0 Å². The molecule has 0 radical (unpaired) electrons. The predicted molar refractivity (Wildman–Crippen MR) is 82.3 cm³/mol. The largest absolute Gasteiger partial charge is 1.00 e. The molecule has 0 aromatic carbocycles. The topological polar surface area (TPSA) is 109 Å². The van der Waals surface area contributed by atoms with Gasteiger partial charge >= 0.3 is 57.4 Å². The maximum atomic E-state index is 11.1. The minimum Gasteiger partial charge on any atom is -0.859 e. The van der Waals surface area contributed by atoms with Gasteiger partial charge in [-0.3, -0.25) is 4.99 Å². The van der Waals surface area contributed by atoms with Crippen molar-refractivity contribution in [1.29, 1.82) is 0 Å². The number of nitrogens with one attached hydrogen (secondary N) is 3. The summed E-state index contributed by atoms with van der Waals surface area (Å²) in [4.78, 5) is 13.9. The monoisotopic (exact) mass is 336 g/mol. The molecule has 0 rings (SSSR count). The van der Waals surface area contributed by atoms with Crippen molar-refractivity contribution in [2.75, 3.05) is 39.3 Å². The van der Waals surface area contributed by atoms with Crippen LogP contribution in [0.5, 0.6) is 0 Å². The van der Waals surface area contributed by atoms with E-state index < -0.39 is 11.9 Å². The third-order valence-electron chi connectivity index (χ3n) is 2.32. The minimum atomic E-state index is -1.15. The standard InChI is InChI=1S/C14H26N4O3.K/c1-2-3-6-15-7-8-16-9-10-17-11-12-18-13(19)4-5-14(20)21;/h3-6,15-17H,2,7-12H2,1H3,(H,18,19)(H,20,21);/q;+1/p-1/b5-4+,6-3+;. The van der Waals surface area contributed by atoms with Gasteiger partial charge in [0.1, 0.15) is 0 Å². The van der Waals surface area contributed by atoms with Crippen molar-refractivity contribution in [1.82, 2.24) is 16.0 Å². The van der Waals surface area contributed by atoms with Crippen LogP contribution < -0.4 is 72.4 Å². The molecule has 120 valence electrons. The fourth-order valence-electron chi connectivity index (χ4n) is 1.31. The van der Waals surface area contributed by atoms with E-state index in [0.717, 1.165) is 44.8 Å². The number of rotatable bonds is 13. The maximum Gasteiger partial charge on any atom is 1.00 e. The van der Waals surface area contributed by atoms with Gasteiger partial charge in [-0.1, -0.05) is 13.0 Å². The first-order valence-corrected chi connectivity index (χ1v) is 7.09. The summed E-state index contributed by atoms with van der Waals surface area (Å²) in [6.45, 7) is 6.42. The van der Waals surface area contributed by atoms with E-state index >= 15 is 0 Å². The molecule has 7 nitrogen and oxygen atoms in total. The predicted octanol–water partition coefficient (Wildman–Crippen LogP) is -3.92. The summed E-state index contributed by atoms with van der Waals surface area (Å²) in [5.41, 5.74) is 0. The van der Waals surface area contributed by atoms with Gasteiger partial charge in [0.15, 0.2) is 0 Å². The molecule has 0 bridgehead atoms. The molecule has 8 heteroatoms. The number of hydrogen-bond acceptors (Lipinski definition) is 6. The van der Waals surface area contributed by atoms with Gasteiger partial charge < -0.3 is 26.2 Å². The average molecular weight is 336 g/mol. The second-order valence-electron chi connectivity index (χ2n) is 4.16. The molecule has 22 heavy (non-hydrogen) atoms. The molecule has 0 spiro atoms. The van der Waals surface area contributed by atoms with E-state index in [9.17, 15) is 9.90 Å². The molecule has 0 saturated heterocycles. The summed E-state index contributed by atoms with van der Waals surface area (Å²) in [7, 11) is 0. The molecule has 0 aliphatic carbocycles. The number of aliphatic imine (C=N–C) groups is 1. The molecule has 0 atom stereocenters. The normalized spacial score (nSPS) is 11.8. The number of hydrogen-bond donors (Lipinski definition) is 4. The van der Waals surface area contributed by atoms with Gasteiger partial charge in [0, 0.05) is 38.8 Å². The van der Waals surface area contributed by atoms with Crippen LogP contribution in [0.2, 0.25) is 0 Å². The van der Waals surface area contributed by atoms with Gasteiger partial charge in [-0.2, -0.15) is 0 Å². The number of carboxylic acid groups (broad SMARTS) is 1. The summed E-state index contributed by atoms with van der Waals surface area (Å²) < 4.78 is 0. The molecular formula is C14H25KN4O3. The van der Waals surface area contributed by atoms with Crippen LogP contribution in [0.3, 0.4) is 0 Å². The molecule has 0 fully saturated rings. The van der Waals surface area contributed by atoms with E-state index in [2.05, 4.69) is 33.9 Å². The van der Waals surface area contributed by atoms with Gasteiger partial charge in [0.05, 0.1) is 6.54 Å². The first kappa shape index (κ1) is 24.0. The van der Waals surface area contributed by atoms with Crippen LogP contribution in [0.1, 0.15) is 13.3 Å². The van der Waals surface area contributed by atoms with E-state index in [1.54, 1.807) is 0 Å². The van der Waals surface area contributed by atoms with Crippen LogP contribution in [0.25, 0.3) is 0 Å². The first-order chi connectivity index (χ1) is 10.2. The number of carbonyl (C=O) groups is 1. The maximum absolute atomic E-state index is 11.1. The molecule has 0 amide bonds. The van der Waals surface area contributed by atoms with Crippen LogP contribution in [0.4, 0.5) is 0 Å². The summed E-state index contributed by atoms with van der Waals surface area (Å²) >= 11 is 0. The van der Waals surface area contributed by atoms with Crippen molar-refractivity contribution in [3.63, 3.8) is 0 Å². The number of aliphatic carboxylic acids is 1. The van der Waals surface area contributed by atoms with Crippen molar-refractivity contribution in [2.45, 2.75) is 13.3 Å². The Kier molecular flexibility index (Phi) is 20.6. The second-order valence-corrected chi connectivity index (χ2v) is 4.16. The summed E-state index contributed by atoms with van der Waals surface area (Å²) in [5, 5.41) is 28.9. The third kappa shape index (κ3) is 19.8. The van der Waals surface area contributed by atoms with Crippen LogP contribution >= 0.6 is 0 Å². The molecule has 4 N–H and O–H groups in total. The fraction of sp³-hybridized carbons (Fsp3) is 0.571.